The summed E-state index contributed by atoms with van der Waals surface area (Å²) >= 11 is 0. The van der Waals surface area contributed by atoms with Crippen LogP contribution in [0.2, 0.25) is 0 Å². The van der Waals surface area contributed by atoms with Gasteiger partial charge in [0.15, 0.2) is 0 Å². The molecule has 1 aliphatic rings. The van der Waals surface area contributed by atoms with E-state index in [-0.39, 0.29) is 48.3 Å². The zero-order chi connectivity index (χ0) is 25.8. The lowest BCUT2D eigenvalue weighted by atomic mass is 10.3. The maximum absolute atomic E-state index is 13.4. The monoisotopic (exact) mass is 530 g/mol. The molecule has 11 nitrogen and oxygen atoms in total. The number of anilines is 2. The number of rotatable bonds is 9. The van der Waals surface area contributed by atoms with Crippen molar-refractivity contribution in [1.29, 1.82) is 0 Å². The van der Waals surface area contributed by atoms with Gasteiger partial charge in [-0.3, -0.25) is 4.79 Å². The maximum Gasteiger partial charge on any atom is 0.304 e. The van der Waals surface area contributed by atoms with Crippen LogP contribution < -0.4 is 14.4 Å². The molecule has 2 aromatic carbocycles. The Balaban J connectivity index is 1.89. The second kappa shape index (κ2) is 10.9. The predicted molar refractivity (Wildman–Crippen MR) is 128 cm³/mol. The Morgan fingerprint density at radius 3 is 2.29 bits per heavy atom. The van der Waals surface area contributed by atoms with Crippen LogP contribution >= 0.6 is 0 Å². The van der Waals surface area contributed by atoms with Crippen LogP contribution in [0.1, 0.15) is 0 Å². The summed E-state index contributed by atoms with van der Waals surface area (Å²) in [4.78, 5) is 12.9. The van der Waals surface area contributed by atoms with Crippen molar-refractivity contribution in [3.63, 3.8) is 0 Å². The molecule has 3 rings (SSSR count). The van der Waals surface area contributed by atoms with E-state index >= 15 is 0 Å². The number of nitrogens with zero attached hydrogens (tertiary/aromatic N) is 3. The summed E-state index contributed by atoms with van der Waals surface area (Å²) in [7, 11) is -4.02. The summed E-state index contributed by atoms with van der Waals surface area (Å²) in [5.41, 5.74) is 0.124. The van der Waals surface area contributed by atoms with Crippen molar-refractivity contribution in [3.8, 4) is 5.75 Å². The second-order valence-electron chi connectivity index (χ2n) is 7.70. The molecule has 0 aromatic heterocycles. The van der Waals surface area contributed by atoms with Gasteiger partial charge in [-0.25, -0.2) is 17.1 Å². The van der Waals surface area contributed by atoms with E-state index in [9.17, 15) is 26.0 Å². The van der Waals surface area contributed by atoms with Crippen molar-refractivity contribution >= 4 is 37.5 Å². The molecule has 35 heavy (non-hydrogen) atoms. The van der Waals surface area contributed by atoms with E-state index in [0.29, 0.717) is 0 Å². The lowest BCUT2D eigenvalue weighted by molar-refractivity contribution is -0.114. The van der Waals surface area contributed by atoms with Crippen LogP contribution in [0.25, 0.3) is 0 Å². The Morgan fingerprint density at radius 1 is 1.09 bits per heavy atom. The van der Waals surface area contributed by atoms with Crippen LogP contribution in [0.3, 0.4) is 0 Å². The highest BCUT2D eigenvalue weighted by Crippen LogP contribution is 2.29. The summed E-state index contributed by atoms with van der Waals surface area (Å²) in [6.45, 7) is 0.295. The smallest absolute Gasteiger partial charge is 0.304 e. The Kier molecular flexibility index (Phi) is 8.33. The van der Waals surface area contributed by atoms with E-state index in [4.69, 9.17) is 9.47 Å². The minimum Gasteiger partial charge on any atom is -0.495 e. The van der Waals surface area contributed by atoms with Gasteiger partial charge in [-0.05, 0) is 42.5 Å². The molecule has 0 atom stereocenters. The third kappa shape index (κ3) is 6.08. The first-order chi connectivity index (χ1) is 16.5. The number of nitrogens with one attached hydrogen (secondary N) is 1. The number of morpholine rings is 1. The highest BCUT2D eigenvalue weighted by Gasteiger charge is 2.29. The van der Waals surface area contributed by atoms with Crippen molar-refractivity contribution in [1.82, 2.24) is 8.61 Å². The van der Waals surface area contributed by atoms with Crippen LogP contribution in [0.4, 0.5) is 15.8 Å². The van der Waals surface area contributed by atoms with E-state index < -0.39 is 38.5 Å². The number of ether oxygens (including phenoxy) is 2. The van der Waals surface area contributed by atoms with Crippen LogP contribution in [0.5, 0.6) is 5.75 Å². The topological polar surface area (TPSA) is 126 Å². The Morgan fingerprint density at radius 2 is 1.71 bits per heavy atom. The van der Waals surface area contributed by atoms with Crippen LogP contribution in [-0.2, 0) is 29.8 Å². The van der Waals surface area contributed by atoms with Gasteiger partial charge in [0.1, 0.15) is 18.1 Å². The number of halogens is 1. The van der Waals surface area contributed by atoms with Crippen molar-refractivity contribution in [2.75, 3.05) is 63.7 Å². The first-order valence-corrected chi connectivity index (χ1v) is 13.3. The number of carbonyl (C=O) groups is 1. The van der Waals surface area contributed by atoms with Crippen LogP contribution in [0, 0.1) is 5.82 Å². The molecule has 1 amide bonds. The summed E-state index contributed by atoms with van der Waals surface area (Å²) in [6, 6.07) is 8.64. The summed E-state index contributed by atoms with van der Waals surface area (Å²) in [5.74, 6) is -1.15. The van der Waals surface area contributed by atoms with Crippen molar-refractivity contribution in [2.24, 2.45) is 0 Å². The molecule has 1 fully saturated rings. The lowest BCUT2D eigenvalue weighted by Crippen LogP contribution is -2.44. The molecule has 0 bridgehead atoms. The number of hydrogen-bond acceptors (Lipinski definition) is 7. The number of methoxy groups -OCH3 is 1. The maximum atomic E-state index is 13.4. The molecule has 192 valence electrons. The zero-order valence-corrected chi connectivity index (χ0v) is 21.1. The third-order valence-corrected chi connectivity index (χ3v) is 8.91. The molecule has 1 saturated heterocycles. The molecule has 0 radical (unpaired) electrons. The van der Waals surface area contributed by atoms with E-state index in [1.165, 1.54) is 55.8 Å². The summed E-state index contributed by atoms with van der Waals surface area (Å²) < 4.78 is 78.6. The molecule has 0 saturated carbocycles. The van der Waals surface area contributed by atoms with Crippen LogP contribution in [0.15, 0.2) is 47.4 Å². The van der Waals surface area contributed by atoms with E-state index in [2.05, 4.69) is 5.32 Å². The number of carbonyl (C=O) groups excluding carboxylic acids is 1. The van der Waals surface area contributed by atoms with Gasteiger partial charge in [0.25, 0.3) is 0 Å². The quantitative estimate of drug-likeness (QED) is 0.515. The van der Waals surface area contributed by atoms with Gasteiger partial charge >= 0.3 is 10.2 Å². The molecule has 0 aliphatic carbocycles. The SMILES string of the molecule is COc1ccc(S(=O)(=O)N2CCOCC2)cc1NC(=O)CN(c1ccc(F)cc1)S(=O)(=O)N(C)C. The highest BCUT2D eigenvalue weighted by atomic mass is 32.2. The minimum absolute atomic E-state index is 0.0492. The third-order valence-electron chi connectivity index (χ3n) is 5.19. The normalized spacial score (nSPS) is 15.1. The van der Waals surface area contributed by atoms with Gasteiger partial charge in [0.05, 0.1) is 36.6 Å². The zero-order valence-electron chi connectivity index (χ0n) is 19.5. The first kappa shape index (κ1) is 26.8. The van der Waals surface area contributed by atoms with Crippen molar-refractivity contribution in [3.05, 3.63) is 48.3 Å². The van der Waals surface area contributed by atoms with E-state index in [1.807, 2.05) is 0 Å². The average Bonchev–Trinajstić information content (AvgIpc) is 2.83. The van der Waals surface area contributed by atoms with E-state index in [1.54, 1.807) is 0 Å². The number of benzene rings is 2. The summed E-state index contributed by atoms with van der Waals surface area (Å²) in [5, 5.41) is 2.53. The molecule has 1 heterocycles. The standard InChI is InChI=1S/C21H27FN4O7S2/c1-24(2)35(30,31)26(17-6-4-16(22)5-7-17)15-21(27)23-19-14-18(8-9-20(19)32-3)34(28,29)25-10-12-33-13-11-25/h4-9,14H,10-13,15H2,1-3H3,(H,23,27). The highest BCUT2D eigenvalue weighted by molar-refractivity contribution is 7.90. The fourth-order valence-corrected chi connectivity index (χ4v) is 5.81. The molecule has 0 spiro atoms. The Bertz CT molecular complexity index is 1260. The molecular formula is C21H27FN4O7S2. The Labute approximate surface area is 204 Å². The van der Waals surface area contributed by atoms with E-state index in [0.717, 1.165) is 20.7 Å². The second-order valence-corrected chi connectivity index (χ2v) is 11.7. The molecule has 2 aromatic rings. The van der Waals surface area contributed by atoms with Gasteiger partial charge in [-0.1, -0.05) is 0 Å². The fourth-order valence-electron chi connectivity index (χ4n) is 3.31. The molecule has 1 aliphatic heterocycles. The van der Waals surface area contributed by atoms with Gasteiger partial charge in [0, 0.05) is 27.2 Å². The van der Waals surface area contributed by atoms with Gasteiger partial charge in [-0.15, -0.1) is 0 Å². The van der Waals surface area contributed by atoms with Crippen molar-refractivity contribution < 1.29 is 35.5 Å². The van der Waals surface area contributed by atoms with Crippen LogP contribution in [-0.4, -0.2) is 85.4 Å². The molecule has 0 unspecified atom stereocenters. The minimum atomic E-state index is -4.12. The van der Waals surface area contributed by atoms with Gasteiger partial charge in [-0.2, -0.15) is 17.0 Å². The molecule has 14 heteroatoms. The number of sulfonamides is 1. The first-order valence-electron chi connectivity index (χ1n) is 10.5. The number of hydrogen-bond donors (Lipinski definition) is 1. The predicted octanol–water partition coefficient (Wildman–Crippen LogP) is 1.11. The van der Waals surface area contributed by atoms with Gasteiger partial charge < -0.3 is 14.8 Å². The van der Waals surface area contributed by atoms with Crippen molar-refractivity contribution in [2.45, 2.75) is 4.90 Å². The fraction of sp³-hybridized carbons (Fsp3) is 0.381. The summed E-state index contributed by atoms with van der Waals surface area (Å²) in [6.07, 6.45) is 0. The average molecular weight is 531 g/mol. The number of amides is 1. The largest absolute Gasteiger partial charge is 0.495 e. The molecule has 1 N–H and O–H groups in total. The lowest BCUT2D eigenvalue weighted by Gasteiger charge is -2.27. The molecular weight excluding hydrogens is 503 g/mol. The Hall–Kier alpha value is -2.78. The van der Waals surface area contributed by atoms with Gasteiger partial charge in [0.2, 0.25) is 15.9 Å².